The van der Waals surface area contributed by atoms with E-state index < -0.39 is 6.10 Å². The molecule has 0 saturated carbocycles. The summed E-state index contributed by atoms with van der Waals surface area (Å²) in [7, 11) is 0. The molecule has 0 aliphatic heterocycles. The van der Waals surface area contributed by atoms with Crippen molar-refractivity contribution in [3.8, 4) is 0 Å². The van der Waals surface area contributed by atoms with Crippen molar-refractivity contribution in [3.05, 3.63) is 52.1 Å². The largest absolute Gasteiger partial charge is 0.469 e. The fraction of sp³-hybridized carbons (Fsp3) is 0.250. The third kappa shape index (κ3) is 2.71. The lowest BCUT2D eigenvalue weighted by atomic mass is 10.1. The zero-order valence-electron chi connectivity index (χ0n) is 8.85. The summed E-state index contributed by atoms with van der Waals surface area (Å²) in [6.45, 7) is 1.86. The van der Waals surface area contributed by atoms with Gasteiger partial charge in [-0.3, -0.25) is 4.98 Å². The molecule has 4 heteroatoms. The van der Waals surface area contributed by atoms with Crippen molar-refractivity contribution < 1.29 is 9.52 Å². The Morgan fingerprint density at radius 3 is 2.88 bits per heavy atom. The Morgan fingerprint density at radius 2 is 2.31 bits per heavy atom. The van der Waals surface area contributed by atoms with Gasteiger partial charge in [0.15, 0.2) is 0 Å². The second-order valence-corrected chi connectivity index (χ2v) is 4.59. The molecule has 1 N–H and O–H groups in total. The lowest BCUT2D eigenvalue weighted by Gasteiger charge is -2.07. The molecule has 0 aliphatic carbocycles. The fourth-order valence-electron chi connectivity index (χ4n) is 1.48. The van der Waals surface area contributed by atoms with E-state index in [9.17, 15) is 5.11 Å². The van der Waals surface area contributed by atoms with Gasteiger partial charge in [-0.25, -0.2) is 0 Å². The summed E-state index contributed by atoms with van der Waals surface area (Å²) >= 11 is 3.32. The first-order valence-corrected chi connectivity index (χ1v) is 5.78. The highest BCUT2D eigenvalue weighted by atomic mass is 79.9. The highest BCUT2D eigenvalue weighted by Crippen LogP contribution is 2.20. The van der Waals surface area contributed by atoms with E-state index in [2.05, 4.69) is 20.9 Å². The number of aromatic nitrogens is 1. The molecule has 0 spiro atoms. The van der Waals surface area contributed by atoms with Gasteiger partial charge >= 0.3 is 0 Å². The van der Waals surface area contributed by atoms with Gasteiger partial charge in [0.05, 0.1) is 12.4 Å². The SMILES string of the molecule is Cc1cc(C(O)Cc2ccc(Br)cn2)co1. The van der Waals surface area contributed by atoms with Gasteiger partial charge in [-0.05, 0) is 41.1 Å². The monoisotopic (exact) mass is 281 g/mol. The predicted molar refractivity (Wildman–Crippen MR) is 64.0 cm³/mol. The lowest BCUT2D eigenvalue weighted by Crippen LogP contribution is -2.01. The van der Waals surface area contributed by atoms with Gasteiger partial charge in [0.1, 0.15) is 5.76 Å². The van der Waals surface area contributed by atoms with Crippen molar-refractivity contribution in [1.82, 2.24) is 4.98 Å². The third-order valence-electron chi connectivity index (χ3n) is 2.33. The summed E-state index contributed by atoms with van der Waals surface area (Å²) in [4.78, 5) is 4.21. The number of pyridine rings is 1. The minimum Gasteiger partial charge on any atom is -0.469 e. The van der Waals surface area contributed by atoms with Gasteiger partial charge in [0.2, 0.25) is 0 Å². The van der Waals surface area contributed by atoms with Crippen molar-refractivity contribution in [2.24, 2.45) is 0 Å². The van der Waals surface area contributed by atoms with Gasteiger partial charge < -0.3 is 9.52 Å². The van der Waals surface area contributed by atoms with Crippen LogP contribution in [0.3, 0.4) is 0 Å². The average Bonchev–Trinajstić information content (AvgIpc) is 2.68. The van der Waals surface area contributed by atoms with Crippen LogP contribution in [0.4, 0.5) is 0 Å². The lowest BCUT2D eigenvalue weighted by molar-refractivity contribution is 0.176. The zero-order chi connectivity index (χ0) is 11.5. The number of halogens is 1. The summed E-state index contributed by atoms with van der Waals surface area (Å²) in [6, 6.07) is 5.64. The van der Waals surface area contributed by atoms with Gasteiger partial charge in [0, 0.05) is 28.3 Å². The summed E-state index contributed by atoms with van der Waals surface area (Å²) in [6.07, 6.45) is 3.24. The first-order valence-electron chi connectivity index (χ1n) is 4.98. The maximum atomic E-state index is 9.94. The Hall–Kier alpha value is -1.13. The summed E-state index contributed by atoms with van der Waals surface area (Å²) < 4.78 is 6.09. The van der Waals surface area contributed by atoms with Gasteiger partial charge in [-0.1, -0.05) is 0 Å². The molecule has 2 aromatic heterocycles. The molecule has 2 heterocycles. The van der Waals surface area contributed by atoms with Crippen LogP contribution >= 0.6 is 15.9 Å². The Labute approximate surface area is 102 Å². The quantitative estimate of drug-likeness (QED) is 0.941. The number of aliphatic hydroxyl groups excluding tert-OH is 1. The maximum absolute atomic E-state index is 9.94. The van der Waals surface area contributed by atoms with Crippen LogP contribution in [-0.2, 0) is 6.42 Å². The number of nitrogens with zero attached hydrogens (tertiary/aromatic N) is 1. The Bertz CT molecular complexity index is 464. The molecule has 0 radical (unpaired) electrons. The summed E-state index contributed by atoms with van der Waals surface area (Å²) in [5.74, 6) is 0.804. The molecule has 2 rings (SSSR count). The smallest absolute Gasteiger partial charge is 0.101 e. The number of hydrogen-bond donors (Lipinski definition) is 1. The van der Waals surface area contributed by atoms with Gasteiger partial charge in [0.25, 0.3) is 0 Å². The molecule has 0 aliphatic rings. The molecule has 0 saturated heterocycles. The third-order valence-corrected chi connectivity index (χ3v) is 2.80. The molecule has 0 amide bonds. The van der Waals surface area contributed by atoms with Crippen LogP contribution in [0.15, 0.2) is 39.5 Å². The molecule has 16 heavy (non-hydrogen) atoms. The van der Waals surface area contributed by atoms with Crippen molar-refractivity contribution in [2.75, 3.05) is 0 Å². The number of furan rings is 1. The molecule has 2 aromatic rings. The van der Waals surface area contributed by atoms with Crippen molar-refractivity contribution >= 4 is 15.9 Å². The van der Waals surface area contributed by atoms with Crippen LogP contribution in [0, 0.1) is 6.92 Å². The number of rotatable bonds is 3. The molecule has 3 nitrogen and oxygen atoms in total. The van der Waals surface area contributed by atoms with E-state index in [1.165, 1.54) is 0 Å². The normalized spacial score (nSPS) is 12.7. The standard InChI is InChI=1S/C12H12BrNO2/c1-8-4-9(7-16-8)12(15)5-11-3-2-10(13)6-14-11/h2-4,6-7,12,15H,5H2,1H3. The second kappa shape index (κ2) is 4.80. The highest BCUT2D eigenvalue weighted by molar-refractivity contribution is 9.10. The zero-order valence-corrected chi connectivity index (χ0v) is 10.4. The van der Waals surface area contributed by atoms with Crippen molar-refractivity contribution in [3.63, 3.8) is 0 Å². The van der Waals surface area contributed by atoms with E-state index in [0.717, 1.165) is 21.5 Å². The molecule has 0 fully saturated rings. The van der Waals surface area contributed by atoms with Crippen molar-refractivity contribution in [2.45, 2.75) is 19.4 Å². The van der Waals surface area contributed by atoms with Crippen LogP contribution in [0.25, 0.3) is 0 Å². The second-order valence-electron chi connectivity index (χ2n) is 3.68. The Balaban J connectivity index is 2.07. The maximum Gasteiger partial charge on any atom is 0.101 e. The molecular weight excluding hydrogens is 270 g/mol. The molecule has 1 atom stereocenters. The van der Waals surface area contributed by atoms with Crippen molar-refractivity contribution in [1.29, 1.82) is 0 Å². The van der Waals surface area contributed by atoms with Gasteiger partial charge in [-0.15, -0.1) is 0 Å². The van der Waals surface area contributed by atoms with E-state index in [1.54, 1.807) is 12.5 Å². The predicted octanol–water partition coefficient (Wildman–Crippen LogP) is 3.02. The topological polar surface area (TPSA) is 46.3 Å². The van der Waals surface area contributed by atoms with Gasteiger partial charge in [-0.2, -0.15) is 0 Å². The first kappa shape index (κ1) is 11.4. The number of aliphatic hydroxyl groups is 1. The van der Waals surface area contributed by atoms with E-state index in [1.807, 2.05) is 25.1 Å². The highest BCUT2D eigenvalue weighted by Gasteiger charge is 2.11. The molecule has 1 unspecified atom stereocenters. The summed E-state index contributed by atoms with van der Waals surface area (Å²) in [5, 5.41) is 9.94. The minimum atomic E-state index is -0.564. The minimum absolute atomic E-state index is 0.492. The average molecular weight is 282 g/mol. The molecule has 0 aromatic carbocycles. The first-order chi connectivity index (χ1) is 7.65. The van der Waals surface area contributed by atoms with Crippen LogP contribution in [0.1, 0.15) is 23.1 Å². The van der Waals surface area contributed by atoms with Crippen LogP contribution < -0.4 is 0 Å². The molecular formula is C12H12BrNO2. The molecule has 84 valence electrons. The van der Waals surface area contributed by atoms with Crippen LogP contribution in [-0.4, -0.2) is 10.1 Å². The van der Waals surface area contributed by atoms with Crippen LogP contribution in [0.5, 0.6) is 0 Å². The number of aryl methyl sites for hydroxylation is 1. The van der Waals surface area contributed by atoms with E-state index in [4.69, 9.17) is 4.42 Å². The Morgan fingerprint density at radius 1 is 1.50 bits per heavy atom. The van der Waals surface area contributed by atoms with E-state index in [0.29, 0.717) is 6.42 Å². The molecule has 0 bridgehead atoms. The van der Waals surface area contributed by atoms with Crippen LogP contribution in [0.2, 0.25) is 0 Å². The van der Waals surface area contributed by atoms with E-state index >= 15 is 0 Å². The Kier molecular flexibility index (Phi) is 3.41. The fourth-order valence-corrected chi connectivity index (χ4v) is 1.72. The summed E-state index contributed by atoms with van der Waals surface area (Å²) in [5.41, 5.74) is 1.65. The van der Waals surface area contributed by atoms with E-state index in [-0.39, 0.29) is 0 Å². The number of hydrogen-bond acceptors (Lipinski definition) is 3.